The fourth-order valence-corrected chi connectivity index (χ4v) is 2.10. The van der Waals surface area contributed by atoms with Crippen molar-refractivity contribution in [2.75, 3.05) is 35.7 Å². The summed E-state index contributed by atoms with van der Waals surface area (Å²) in [7, 11) is -2.92. The van der Waals surface area contributed by atoms with Gasteiger partial charge in [-0.15, -0.1) is 0 Å². The predicted octanol–water partition coefficient (Wildman–Crippen LogP) is 1.41. The number of nitrogens with zero attached hydrogens (tertiary/aromatic N) is 2. The molecule has 0 unspecified atom stereocenters. The zero-order valence-electron chi connectivity index (χ0n) is 10.4. The van der Waals surface area contributed by atoms with Crippen molar-refractivity contribution in [1.82, 2.24) is 9.97 Å². The molecule has 1 aromatic rings. The Morgan fingerprint density at radius 1 is 1.39 bits per heavy atom. The number of aromatic nitrogens is 2. The van der Waals surface area contributed by atoms with Gasteiger partial charge in [0.2, 0.25) is 5.95 Å². The smallest absolute Gasteiger partial charge is 0.224 e. The molecule has 0 aliphatic heterocycles. The quantitative estimate of drug-likeness (QED) is 0.739. The average molecular weight is 293 g/mol. The van der Waals surface area contributed by atoms with Crippen LogP contribution in [0.5, 0.6) is 0 Å². The lowest BCUT2D eigenvalue weighted by molar-refractivity contribution is 0.600. The molecule has 0 aromatic carbocycles. The fraction of sp³-hybridized carbons (Fsp3) is 0.600. The van der Waals surface area contributed by atoms with Gasteiger partial charge >= 0.3 is 0 Å². The Kier molecular flexibility index (Phi) is 5.61. The van der Waals surface area contributed by atoms with Crippen molar-refractivity contribution in [3.63, 3.8) is 0 Å². The molecule has 102 valence electrons. The van der Waals surface area contributed by atoms with E-state index in [0.29, 0.717) is 29.8 Å². The van der Waals surface area contributed by atoms with Crippen LogP contribution in [-0.2, 0) is 9.84 Å². The Labute approximate surface area is 112 Å². The van der Waals surface area contributed by atoms with E-state index in [1.807, 2.05) is 6.92 Å². The van der Waals surface area contributed by atoms with Crippen LogP contribution in [-0.4, -0.2) is 43.5 Å². The first-order valence-corrected chi connectivity index (χ1v) is 8.04. The van der Waals surface area contributed by atoms with E-state index in [1.54, 1.807) is 0 Å². The highest BCUT2D eigenvalue weighted by Gasteiger charge is 2.05. The van der Waals surface area contributed by atoms with Gasteiger partial charge in [-0.05, 0) is 13.3 Å². The molecule has 6 nitrogen and oxygen atoms in total. The Bertz CT molecular complexity index is 493. The van der Waals surface area contributed by atoms with Crippen LogP contribution in [0.25, 0.3) is 0 Å². The first-order chi connectivity index (χ1) is 8.42. The monoisotopic (exact) mass is 292 g/mol. The maximum atomic E-state index is 11.0. The number of sulfone groups is 1. The summed E-state index contributed by atoms with van der Waals surface area (Å²) >= 11 is 5.93. The van der Waals surface area contributed by atoms with Crippen molar-refractivity contribution in [3.05, 3.63) is 11.2 Å². The van der Waals surface area contributed by atoms with E-state index in [4.69, 9.17) is 11.6 Å². The number of hydrogen-bond acceptors (Lipinski definition) is 6. The van der Waals surface area contributed by atoms with Crippen molar-refractivity contribution in [3.8, 4) is 0 Å². The van der Waals surface area contributed by atoms with Crippen molar-refractivity contribution in [2.24, 2.45) is 0 Å². The largest absolute Gasteiger partial charge is 0.369 e. The first-order valence-electron chi connectivity index (χ1n) is 5.60. The van der Waals surface area contributed by atoms with Crippen LogP contribution in [0.2, 0.25) is 5.02 Å². The summed E-state index contributed by atoms with van der Waals surface area (Å²) in [6, 6.07) is 0. The molecule has 18 heavy (non-hydrogen) atoms. The molecule has 0 aliphatic carbocycles. The van der Waals surface area contributed by atoms with Crippen LogP contribution in [0.15, 0.2) is 6.20 Å². The summed E-state index contributed by atoms with van der Waals surface area (Å²) in [6.45, 7) is 3.15. The highest BCUT2D eigenvalue weighted by atomic mass is 35.5. The molecule has 0 saturated heterocycles. The van der Waals surface area contributed by atoms with E-state index in [0.717, 1.165) is 6.54 Å². The third kappa shape index (κ3) is 5.50. The normalized spacial score (nSPS) is 11.3. The van der Waals surface area contributed by atoms with Gasteiger partial charge in [0, 0.05) is 19.3 Å². The lowest BCUT2D eigenvalue weighted by Crippen LogP contribution is -2.12. The zero-order chi connectivity index (χ0) is 13.6. The van der Waals surface area contributed by atoms with Crippen LogP contribution in [0.1, 0.15) is 13.3 Å². The molecule has 0 saturated carbocycles. The average Bonchev–Trinajstić information content (AvgIpc) is 2.27. The molecular weight excluding hydrogens is 276 g/mol. The topological polar surface area (TPSA) is 84.0 Å². The van der Waals surface area contributed by atoms with Gasteiger partial charge in [-0.2, -0.15) is 4.98 Å². The minimum atomic E-state index is -2.92. The molecule has 1 rings (SSSR count). The molecule has 8 heteroatoms. The minimum Gasteiger partial charge on any atom is -0.369 e. The Balaban J connectivity index is 2.53. The molecule has 2 N–H and O–H groups in total. The number of nitrogens with one attached hydrogen (secondary N) is 2. The molecular formula is C10H17ClN4O2S. The van der Waals surface area contributed by atoms with Crippen molar-refractivity contribution in [2.45, 2.75) is 13.3 Å². The van der Waals surface area contributed by atoms with Crippen LogP contribution < -0.4 is 10.6 Å². The summed E-state index contributed by atoms with van der Waals surface area (Å²) in [5.74, 6) is 1.14. The van der Waals surface area contributed by atoms with E-state index < -0.39 is 9.84 Å². The standard InChI is InChI=1S/C10H17ClN4O2S/c1-3-12-10-14-7-8(11)9(15-10)13-5-4-6-18(2,16)17/h7H,3-6H2,1-2H3,(H2,12,13,14,15). The fourth-order valence-electron chi connectivity index (χ4n) is 1.28. The molecule has 0 bridgehead atoms. The maximum Gasteiger partial charge on any atom is 0.224 e. The minimum absolute atomic E-state index is 0.142. The van der Waals surface area contributed by atoms with E-state index in [1.165, 1.54) is 12.5 Å². The van der Waals surface area contributed by atoms with Gasteiger partial charge in [-0.3, -0.25) is 0 Å². The second-order valence-electron chi connectivity index (χ2n) is 3.83. The van der Waals surface area contributed by atoms with Gasteiger partial charge in [0.1, 0.15) is 20.7 Å². The lowest BCUT2D eigenvalue weighted by Gasteiger charge is -2.08. The summed E-state index contributed by atoms with van der Waals surface area (Å²) in [5.41, 5.74) is 0. The van der Waals surface area contributed by atoms with Crippen LogP contribution in [0.4, 0.5) is 11.8 Å². The van der Waals surface area contributed by atoms with Gasteiger partial charge < -0.3 is 10.6 Å². The molecule has 1 aromatic heterocycles. The lowest BCUT2D eigenvalue weighted by atomic mass is 10.4. The number of halogens is 1. The van der Waals surface area contributed by atoms with Crippen molar-refractivity contribution in [1.29, 1.82) is 0 Å². The molecule has 1 heterocycles. The number of rotatable bonds is 7. The third-order valence-electron chi connectivity index (χ3n) is 2.06. The Morgan fingerprint density at radius 3 is 2.72 bits per heavy atom. The van der Waals surface area contributed by atoms with Crippen molar-refractivity contribution < 1.29 is 8.42 Å². The van der Waals surface area contributed by atoms with E-state index in [-0.39, 0.29) is 5.75 Å². The molecule has 0 amide bonds. The van der Waals surface area contributed by atoms with Gasteiger partial charge in [-0.25, -0.2) is 13.4 Å². The van der Waals surface area contributed by atoms with E-state index >= 15 is 0 Å². The van der Waals surface area contributed by atoms with E-state index in [9.17, 15) is 8.42 Å². The second-order valence-corrected chi connectivity index (χ2v) is 6.50. The van der Waals surface area contributed by atoms with Crippen molar-refractivity contribution >= 4 is 33.2 Å². The zero-order valence-corrected chi connectivity index (χ0v) is 12.0. The molecule has 0 spiro atoms. The second kappa shape index (κ2) is 6.75. The van der Waals surface area contributed by atoms with Gasteiger partial charge in [-0.1, -0.05) is 11.6 Å². The maximum absolute atomic E-state index is 11.0. The summed E-state index contributed by atoms with van der Waals surface area (Å²) in [4.78, 5) is 8.19. The van der Waals surface area contributed by atoms with E-state index in [2.05, 4.69) is 20.6 Å². The summed E-state index contributed by atoms with van der Waals surface area (Å²) in [6.07, 6.45) is 3.23. The molecule has 0 radical (unpaired) electrons. The molecule has 0 fully saturated rings. The number of anilines is 2. The predicted molar refractivity (Wildman–Crippen MR) is 74.0 cm³/mol. The SMILES string of the molecule is CCNc1ncc(Cl)c(NCCCS(C)(=O)=O)n1. The van der Waals surface area contributed by atoms with Gasteiger partial charge in [0.25, 0.3) is 0 Å². The Hall–Kier alpha value is -1.08. The highest BCUT2D eigenvalue weighted by Crippen LogP contribution is 2.19. The summed E-state index contributed by atoms with van der Waals surface area (Å²) < 4.78 is 21.9. The molecule has 0 atom stereocenters. The molecule has 0 aliphatic rings. The highest BCUT2D eigenvalue weighted by molar-refractivity contribution is 7.90. The van der Waals surface area contributed by atoms with Gasteiger partial charge in [0.15, 0.2) is 0 Å². The first kappa shape index (κ1) is 15.0. The van der Waals surface area contributed by atoms with Crippen LogP contribution in [0.3, 0.4) is 0 Å². The third-order valence-corrected chi connectivity index (χ3v) is 3.37. The van der Waals surface area contributed by atoms with Crippen LogP contribution >= 0.6 is 11.6 Å². The number of hydrogen-bond donors (Lipinski definition) is 2. The van der Waals surface area contributed by atoms with Gasteiger partial charge in [0.05, 0.1) is 11.9 Å². The Morgan fingerprint density at radius 2 is 2.11 bits per heavy atom. The van der Waals surface area contributed by atoms with Crippen LogP contribution in [0, 0.1) is 0 Å². The summed E-state index contributed by atoms with van der Waals surface area (Å²) in [5, 5.41) is 6.38.